The van der Waals surface area contributed by atoms with E-state index in [1.54, 1.807) is 7.11 Å². The Hall–Kier alpha value is -1.55. The van der Waals surface area contributed by atoms with E-state index in [0.29, 0.717) is 0 Å². The molecule has 1 fully saturated rings. The first-order valence-corrected chi connectivity index (χ1v) is 7.30. The Kier molecular flexibility index (Phi) is 3.42. The summed E-state index contributed by atoms with van der Waals surface area (Å²) in [6.07, 6.45) is 4.34. The van der Waals surface area contributed by atoms with Crippen molar-refractivity contribution in [3.8, 4) is 5.75 Å². The van der Waals surface area contributed by atoms with Gasteiger partial charge in [-0.05, 0) is 55.4 Å². The van der Waals surface area contributed by atoms with Gasteiger partial charge < -0.3 is 15.2 Å². The van der Waals surface area contributed by atoms with Gasteiger partial charge in [0.25, 0.3) is 0 Å². The maximum absolute atomic E-state index is 11.1. The Morgan fingerprint density at radius 3 is 2.80 bits per heavy atom. The summed E-state index contributed by atoms with van der Waals surface area (Å²) in [6.45, 7) is 0.956. The number of carbonyl (C=O) groups is 1. The van der Waals surface area contributed by atoms with Crippen LogP contribution in [0.3, 0.4) is 0 Å². The molecule has 1 spiro atoms. The number of fused-ring (bicyclic) bond motifs is 2. The quantitative estimate of drug-likeness (QED) is 0.869. The number of benzene rings is 1. The minimum Gasteiger partial charge on any atom is -0.497 e. The van der Waals surface area contributed by atoms with Crippen LogP contribution in [0.4, 0.5) is 0 Å². The van der Waals surface area contributed by atoms with E-state index in [2.05, 4.69) is 17.4 Å². The van der Waals surface area contributed by atoms with Crippen LogP contribution in [0.1, 0.15) is 36.8 Å². The molecule has 1 aliphatic heterocycles. The minimum absolute atomic E-state index is 0.0220. The SMILES string of the molecule is COc1ccc2c(c1)CCN[C@]21CC[C@@H](C(=O)O)CC1. The largest absolute Gasteiger partial charge is 0.497 e. The number of rotatable bonds is 2. The van der Waals surface area contributed by atoms with E-state index in [1.807, 2.05) is 6.07 Å². The highest BCUT2D eigenvalue weighted by Crippen LogP contribution is 2.43. The number of carboxylic acids is 1. The lowest BCUT2D eigenvalue weighted by atomic mass is 9.70. The van der Waals surface area contributed by atoms with Gasteiger partial charge in [-0.25, -0.2) is 0 Å². The number of hydrogen-bond acceptors (Lipinski definition) is 3. The number of methoxy groups -OCH3 is 1. The normalized spacial score (nSPS) is 28.9. The summed E-state index contributed by atoms with van der Waals surface area (Å²) in [4.78, 5) is 11.1. The average molecular weight is 275 g/mol. The summed E-state index contributed by atoms with van der Waals surface area (Å²) in [5, 5.41) is 12.8. The van der Waals surface area contributed by atoms with Crippen LogP contribution in [0.2, 0.25) is 0 Å². The first-order chi connectivity index (χ1) is 9.64. The molecule has 1 saturated carbocycles. The van der Waals surface area contributed by atoms with Gasteiger partial charge in [-0.1, -0.05) is 6.07 Å². The molecule has 0 aromatic heterocycles. The first-order valence-electron chi connectivity index (χ1n) is 7.30. The molecular formula is C16H21NO3. The highest BCUT2D eigenvalue weighted by Gasteiger charge is 2.41. The summed E-state index contributed by atoms with van der Waals surface area (Å²) in [5.74, 6) is 0.0803. The highest BCUT2D eigenvalue weighted by atomic mass is 16.5. The molecule has 2 aliphatic rings. The van der Waals surface area contributed by atoms with Gasteiger partial charge >= 0.3 is 5.97 Å². The van der Waals surface area contributed by atoms with E-state index < -0.39 is 5.97 Å². The Balaban J connectivity index is 1.88. The van der Waals surface area contributed by atoms with Crippen molar-refractivity contribution in [2.45, 2.75) is 37.6 Å². The zero-order valence-corrected chi connectivity index (χ0v) is 11.8. The standard InChI is InChI=1S/C16H21NO3/c1-20-13-2-3-14-12(10-13)6-9-17-16(14)7-4-11(5-8-16)15(18)19/h2-3,10-11,17H,4-9H2,1H3,(H,18,19)/t11-,16+. The average Bonchev–Trinajstić information content (AvgIpc) is 2.47. The molecule has 3 rings (SSSR count). The van der Waals surface area contributed by atoms with Gasteiger partial charge in [0.2, 0.25) is 0 Å². The fourth-order valence-corrected chi connectivity index (χ4v) is 3.71. The van der Waals surface area contributed by atoms with Gasteiger partial charge in [-0.15, -0.1) is 0 Å². The van der Waals surface area contributed by atoms with Gasteiger partial charge in [0.1, 0.15) is 5.75 Å². The number of ether oxygens (including phenoxy) is 1. The summed E-state index contributed by atoms with van der Waals surface area (Å²) in [5.41, 5.74) is 2.66. The van der Waals surface area contributed by atoms with E-state index in [4.69, 9.17) is 9.84 Å². The molecule has 0 unspecified atom stereocenters. The van der Waals surface area contributed by atoms with Crippen LogP contribution in [-0.2, 0) is 16.8 Å². The lowest BCUT2D eigenvalue weighted by molar-refractivity contribution is -0.143. The molecule has 0 saturated heterocycles. The van der Waals surface area contributed by atoms with Gasteiger partial charge in [-0.2, -0.15) is 0 Å². The van der Waals surface area contributed by atoms with E-state index in [9.17, 15) is 4.79 Å². The van der Waals surface area contributed by atoms with Crippen molar-refractivity contribution < 1.29 is 14.6 Å². The fourth-order valence-electron chi connectivity index (χ4n) is 3.71. The summed E-state index contributed by atoms with van der Waals surface area (Å²) >= 11 is 0. The molecule has 0 bridgehead atoms. The predicted molar refractivity (Wildman–Crippen MR) is 76.0 cm³/mol. The van der Waals surface area contributed by atoms with E-state index >= 15 is 0 Å². The molecule has 0 atom stereocenters. The van der Waals surface area contributed by atoms with Crippen molar-refractivity contribution in [1.29, 1.82) is 0 Å². The number of carboxylic acid groups (broad SMARTS) is 1. The Bertz CT molecular complexity index is 518. The molecule has 1 heterocycles. The first kappa shape index (κ1) is 13.4. The second-order valence-corrected chi connectivity index (χ2v) is 5.89. The van der Waals surface area contributed by atoms with Gasteiger partial charge in [-0.3, -0.25) is 4.79 Å². The van der Waals surface area contributed by atoms with Crippen molar-refractivity contribution in [2.24, 2.45) is 5.92 Å². The third-order valence-electron chi connectivity index (χ3n) is 4.87. The molecule has 1 aromatic carbocycles. The zero-order chi connectivity index (χ0) is 14.2. The predicted octanol–water partition coefficient (Wildman–Crippen LogP) is 2.31. The van der Waals surface area contributed by atoms with E-state index in [1.165, 1.54) is 11.1 Å². The van der Waals surface area contributed by atoms with Crippen molar-refractivity contribution in [2.75, 3.05) is 13.7 Å². The third kappa shape index (κ3) is 2.18. The molecule has 1 aromatic rings. The van der Waals surface area contributed by atoms with E-state index in [-0.39, 0.29) is 11.5 Å². The van der Waals surface area contributed by atoms with Crippen LogP contribution in [0.5, 0.6) is 5.75 Å². The van der Waals surface area contributed by atoms with Crippen molar-refractivity contribution >= 4 is 5.97 Å². The van der Waals surface area contributed by atoms with Crippen LogP contribution in [-0.4, -0.2) is 24.7 Å². The van der Waals surface area contributed by atoms with E-state index in [0.717, 1.165) is 44.4 Å². The molecule has 0 radical (unpaired) electrons. The summed E-state index contributed by atoms with van der Waals surface area (Å²) in [6, 6.07) is 6.29. The summed E-state index contributed by atoms with van der Waals surface area (Å²) in [7, 11) is 1.69. The van der Waals surface area contributed by atoms with Gasteiger partial charge in [0.15, 0.2) is 0 Å². The lowest BCUT2D eigenvalue weighted by Crippen LogP contribution is -2.50. The molecule has 1 aliphatic carbocycles. The second-order valence-electron chi connectivity index (χ2n) is 5.89. The van der Waals surface area contributed by atoms with Crippen LogP contribution >= 0.6 is 0 Å². The highest BCUT2D eigenvalue weighted by molar-refractivity contribution is 5.70. The van der Waals surface area contributed by atoms with Crippen molar-refractivity contribution in [1.82, 2.24) is 5.32 Å². The molecule has 0 amide bonds. The summed E-state index contributed by atoms with van der Waals surface area (Å²) < 4.78 is 5.31. The van der Waals surface area contributed by atoms with Crippen LogP contribution in [0.15, 0.2) is 18.2 Å². The molecular weight excluding hydrogens is 254 g/mol. The van der Waals surface area contributed by atoms with Crippen molar-refractivity contribution in [3.05, 3.63) is 29.3 Å². The van der Waals surface area contributed by atoms with Crippen LogP contribution < -0.4 is 10.1 Å². The number of hydrogen-bond donors (Lipinski definition) is 2. The van der Waals surface area contributed by atoms with Gasteiger partial charge in [0, 0.05) is 12.1 Å². The Morgan fingerprint density at radius 1 is 1.40 bits per heavy atom. The third-order valence-corrected chi connectivity index (χ3v) is 4.87. The smallest absolute Gasteiger partial charge is 0.306 e. The monoisotopic (exact) mass is 275 g/mol. The van der Waals surface area contributed by atoms with Crippen LogP contribution in [0.25, 0.3) is 0 Å². The Labute approximate surface area is 119 Å². The van der Waals surface area contributed by atoms with Gasteiger partial charge in [0.05, 0.1) is 13.0 Å². The molecule has 108 valence electrons. The second kappa shape index (κ2) is 5.09. The minimum atomic E-state index is -0.648. The van der Waals surface area contributed by atoms with Crippen LogP contribution in [0, 0.1) is 5.92 Å². The molecule has 20 heavy (non-hydrogen) atoms. The lowest BCUT2D eigenvalue weighted by Gasteiger charge is -2.44. The number of nitrogens with one attached hydrogen (secondary N) is 1. The molecule has 2 N–H and O–H groups in total. The molecule has 4 nitrogen and oxygen atoms in total. The maximum Gasteiger partial charge on any atom is 0.306 e. The zero-order valence-electron chi connectivity index (χ0n) is 11.8. The number of aliphatic carboxylic acids is 1. The maximum atomic E-state index is 11.1. The fraction of sp³-hybridized carbons (Fsp3) is 0.562. The Morgan fingerprint density at radius 2 is 2.15 bits per heavy atom. The van der Waals surface area contributed by atoms with Crippen molar-refractivity contribution in [3.63, 3.8) is 0 Å². The topological polar surface area (TPSA) is 58.6 Å². The molecule has 4 heteroatoms.